The van der Waals surface area contributed by atoms with E-state index >= 15 is 0 Å². The second-order valence-electron chi connectivity index (χ2n) is 7.72. The summed E-state index contributed by atoms with van der Waals surface area (Å²) in [5.41, 5.74) is 4.02. The first-order valence-electron chi connectivity index (χ1n) is 10.4. The highest BCUT2D eigenvalue weighted by Gasteiger charge is 2.18. The molecular formula is C26H27N3O2. The van der Waals surface area contributed by atoms with E-state index in [9.17, 15) is 5.11 Å². The third-order valence-electron chi connectivity index (χ3n) is 5.07. The zero-order chi connectivity index (χ0) is 21.6. The molecule has 0 saturated carbocycles. The van der Waals surface area contributed by atoms with Crippen LogP contribution < -0.4 is 4.74 Å². The number of fused-ring (bicyclic) bond motifs is 1. The van der Waals surface area contributed by atoms with Gasteiger partial charge in [0.05, 0.1) is 23.6 Å². The Labute approximate surface area is 182 Å². The second kappa shape index (κ2) is 9.49. The van der Waals surface area contributed by atoms with Crippen LogP contribution in [0.15, 0.2) is 83.9 Å². The van der Waals surface area contributed by atoms with Crippen molar-refractivity contribution in [2.45, 2.75) is 6.42 Å². The van der Waals surface area contributed by atoms with Crippen LogP contribution in [0.3, 0.4) is 0 Å². The maximum atomic E-state index is 10.7. The van der Waals surface area contributed by atoms with Crippen LogP contribution in [0.25, 0.3) is 10.9 Å². The monoisotopic (exact) mass is 413 g/mol. The Kier molecular flexibility index (Phi) is 6.34. The minimum absolute atomic E-state index is 0.115. The number of rotatable bonds is 8. The third kappa shape index (κ3) is 4.95. The molecule has 31 heavy (non-hydrogen) atoms. The minimum Gasteiger partial charge on any atom is -0.494 e. The molecule has 4 rings (SSSR count). The molecule has 5 nitrogen and oxygen atoms in total. The maximum Gasteiger partial charge on any atom is 0.199 e. The number of aromatic hydroxyl groups is 1. The fraction of sp³-hybridized carbons (Fsp3) is 0.192. The summed E-state index contributed by atoms with van der Waals surface area (Å²) in [7, 11) is 4.12. The number of aliphatic imine (C=N–C) groups is 1. The highest BCUT2D eigenvalue weighted by molar-refractivity contribution is 6.21. The van der Waals surface area contributed by atoms with Crippen LogP contribution in [-0.2, 0) is 0 Å². The Morgan fingerprint density at radius 2 is 1.65 bits per heavy atom. The first-order chi connectivity index (χ1) is 15.1. The van der Waals surface area contributed by atoms with Crippen molar-refractivity contribution < 1.29 is 9.84 Å². The Bertz CT molecular complexity index is 1160. The van der Waals surface area contributed by atoms with E-state index in [1.807, 2.05) is 78.9 Å². The number of hydrogen-bond acceptors (Lipinski definition) is 4. The number of aromatic amines is 1. The van der Waals surface area contributed by atoms with Gasteiger partial charge in [-0.25, -0.2) is 4.99 Å². The second-order valence-corrected chi connectivity index (χ2v) is 7.72. The molecule has 0 spiro atoms. The van der Waals surface area contributed by atoms with Gasteiger partial charge in [0.2, 0.25) is 0 Å². The topological polar surface area (TPSA) is 60.9 Å². The van der Waals surface area contributed by atoms with Gasteiger partial charge in [-0.05, 0) is 50.8 Å². The molecule has 3 aromatic carbocycles. The molecule has 0 fully saturated rings. The van der Waals surface area contributed by atoms with Crippen molar-refractivity contribution in [3.63, 3.8) is 0 Å². The normalized spacial score (nSPS) is 11.9. The summed E-state index contributed by atoms with van der Waals surface area (Å²) in [6, 6.07) is 25.5. The first-order valence-corrected chi connectivity index (χ1v) is 10.4. The van der Waals surface area contributed by atoms with Gasteiger partial charge in [-0.15, -0.1) is 0 Å². The Morgan fingerprint density at radius 1 is 0.935 bits per heavy atom. The largest absolute Gasteiger partial charge is 0.494 e. The van der Waals surface area contributed by atoms with Gasteiger partial charge in [-0.3, -0.25) is 0 Å². The SMILES string of the molecule is CN(C)CCCOc1ccc(N=C(c2ccccc2)c2c(O)[nH]c3ccccc23)cc1. The summed E-state index contributed by atoms with van der Waals surface area (Å²) in [5.74, 6) is 0.943. The van der Waals surface area contributed by atoms with Crippen LogP contribution in [-0.4, -0.2) is 47.9 Å². The van der Waals surface area contributed by atoms with Gasteiger partial charge in [0.1, 0.15) is 5.75 Å². The molecule has 1 heterocycles. The molecule has 0 aliphatic carbocycles. The summed E-state index contributed by atoms with van der Waals surface area (Å²) < 4.78 is 5.83. The number of nitrogens with one attached hydrogen (secondary N) is 1. The molecule has 0 unspecified atom stereocenters. The van der Waals surface area contributed by atoms with Crippen molar-refractivity contribution in [1.82, 2.24) is 9.88 Å². The Morgan fingerprint density at radius 3 is 2.39 bits per heavy atom. The molecule has 0 radical (unpaired) electrons. The number of aromatic nitrogens is 1. The summed E-state index contributed by atoms with van der Waals surface area (Å²) in [5, 5.41) is 11.6. The van der Waals surface area contributed by atoms with Crippen LogP contribution in [0, 0.1) is 0 Å². The standard InChI is InChI=1S/C26H27N3O2/c1-29(2)17-8-18-31-21-15-13-20(14-16-21)27-25(19-9-4-3-5-10-19)24-22-11-6-7-12-23(22)28-26(24)30/h3-7,9-16,28,30H,8,17-18H2,1-2H3. The van der Waals surface area contributed by atoms with Crippen LogP contribution in [0.1, 0.15) is 17.5 Å². The van der Waals surface area contributed by atoms with Gasteiger partial charge in [-0.2, -0.15) is 0 Å². The molecule has 158 valence electrons. The lowest BCUT2D eigenvalue weighted by Crippen LogP contribution is -2.15. The van der Waals surface area contributed by atoms with E-state index in [2.05, 4.69) is 24.0 Å². The van der Waals surface area contributed by atoms with E-state index in [4.69, 9.17) is 9.73 Å². The van der Waals surface area contributed by atoms with Crippen molar-refractivity contribution >= 4 is 22.3 Å². The summed E-state index contributed by atoms with van der Waals surface area (Å²) in [6.07, 6.45) is 0.977. The van der Waals surface area contributed by atoms with Crippen LogP contribution in [0.5, 0.6) is 11.6 Å². The quantitative estimate of drug-likeness (QED) is 0.301. The third-order valence-corrected chi connectivity index (χ3v) is 5.07. The summed E-state index contributed by atoms with van der Waals surface area (Å²) >= 11 is 0. The van der Waals surface area contributed by atoms with Gasteiger partial charge in [0, 0.05) is 23.0 Å². The molecular weight excluding hydrogens is 386 g/mol. The van der Waals surface area contributed by atoms with E-state index in [-0.39, 0.29) is 5.88 Å². The van der Waals surface area contributed by atoms with Gasteiger partial charge in [0.25, 0.3) is 0 Å². The first kappa shape index (κ1) is 20.7. The lowest BCUT2D eigenvalue weighted by Gasteiger charge is -2.11. The van der Waals surface area contributed by atoms with Gasteiger partial charge in [-0.1, -0.05) is 48.5 Å². The molecule has 0 aliphatic heterocycles. The van der Waals surface area contributed by atoms with Crippen LogP contribution >= 0.6 is 0 Å². The minimum atomic E-state index is 0.115. The van der Waals surface area contributed by atoms with Crippen molar-refractivity contribution in [3.8, 4) is 11.6 Å². The van der Waals surface area contributed by atoms with Crippen molar-refractivity contribution in [2.24, 2.45) is 4.99 Å². The van der Waals surface area contributed by atoms with Crippen LogP contribution in [0.2, 0.25) is 0 Å². The predicted octanol–water partition coefficient (Wildman–Crippen LogP) is 5.37. The van der Waals surface area contributed by atoms with Crippen molar-refractivity contribution in [1.29, 1.82) is 0 Å². The molecule has 5 heteroatoms. The number of ether oxygens (including phenoxy) is 1. The van der Waals surface area contributed by atoms with E-state index in [0.29, 0.717) is 12.2 Å². The average Bonchev–Trinajstić information content (AvgIpc) is 3.12. The van der Waals surface area contributed by atoms with E-state index in [1.54, 1.807) is 0 Å². The lowest BCUT2D eigenvalue weighted by molar-refractivity contribution is 0.281. The Hall–Kier alpha value is -3.57. The number of benzene rings is 3. The average molecular weight is 414 g/mol. The van der Waals surface area contributed by atoms with E-state index in [0.717, 1.165) is 46.6 Å². The zero-order valence-electron chi connectivity index (χ0n) is 17.9. The molecule has 0 atom stereocenters. The Balaban J connectivity index is 1.66. The van der Waals surface area contributed by atoms with E-state index < -0.39 is 0 Å². The van der Waals surface area contributed by atoms with Crippen molar-refractivity contribution in [3.05, 3.63) is 90.0 Å². The van der Waals surface area contributed by atoms with Gasteiger partial charge < -0.3 is 19.7 Å². The number of hydrogen-bond donors (Lipinski definition) is 2. The van der Waals surface area contributed by atoms with Gasteiger partial charge in [0.15, 0.2) is 5.88 Å². The highest BCUT2D eigenvalue weighted by atomic mass is 16.5. The smallest absolute Gasteiger partial charge is 0.199 e. The maximum absolute atomic E-state index is 10.7. The molecule has 0 bridgehead atoms. The molecule has 2 N–H and O–H groups in total. The molecule has 4 aromatic rings. The molecule has 0 saturated heterocycles. The molecule has 0 aliphatic rings. The van der Waals surface area contributed by atoms with Crippen molar-refractivity contribution in [2.75, 3.05) is 27.2 Å². The van der Waals surface area contributed by atoms with Crippen LogP contribution in [0.4, 0.5) is 5.69 Å². The lowest BCUT2D eigenvalue weighted by atomic mass is 10.0. The fourth-order valence-electron chi connectivity index (χ4n) is 3.55. The fourth-order valence-corrected chi connectivity index (χ4v) is 3.55. The molecule has 0 amide bonds. The highest BCUT2D eigenvalue weighted by Crippen LogP contribution is 2.31. The zero-order valence-corrected chi connectivity index (χ0v) is 17.9. The number of para-hydroxylation sites is 1. The summed E-state index contributed by atoms with van der Waals surface area (Å²) in [6.45, 7) is 1.68. The van der Waals surface area contributed by atoms with E-state index in [1.165, 1.54) is 0 Å². The molecule has 1 aromatic heterocycles. The predicted molar refractivity (Wildman–Crippen MR) is 127 cm³/mol. The summed E-state index contributed by atoms with van der Waals surface area (Å²) in [4.78, 5) is 10.1. The number of nitrogens with zero attached hydrogens (tertiary/aromatic N) is 2. The number of H-pyrrole nitrogens is 1. The van der Waals surface area contributed by atoms with Gasteiger partial charge >= 0.3 is 0 Å².